The normalized spacial score (nSPS) is 19.6. The monoisotopic (exact) mass is 336 g/mol. The smallest absolute Gasteiger partial charge is 0.243 e. The molecular formula is C15H20N4O3S. The fourth-order valence-corrected chi connectivity index (χ4v) is 4.56. The van der Waals surface area contributed by atoms with Gasteiger partial charge in [-0.3, -0.25) is 5.10 Å². The van der Waals surface area contributed by atoms with Crippen molar-refractivity contribution < 1.29 is 13.2 Å². The first-order chi connectivity index (χ1) is 11.1. The van der Waals surface area contributed by atoms with Crippen molar-refractivity contribution in [3.05, 3.63) is 36.4 Å². The first-order valence-electron chi connectivity index (χ1n) is 7.73. The van der Waals surface area contributed by atoms with Gasteiger partial charge in [0.1, 0.15) is 17.9 Å². The zero-order valence-corrected chi connectivity index (χ0v) is 13.8. The highest BCUT2D eigenvalue weighted by molar-refractivity contribution is 7.89. The number of benzene rings is 1. The van der Waals surface area contributed by atoms with Gasteiger partial charge in [0.05, 0.1) is 17.5 Å². The molecule has 0 radical (unpaired) electrons. The summed E-state index contributed by atoms with van der Waals surface area (Å²) in [6.45, 7) is 2.84. The van der Waals surface area contributed by atoms with Gasteiger partial charge < -0.3 is 4.74 Å². The van der Waals surface area contributed by atoms with Gasteiger partial charge in [-0.25, -0.2) is 13.4 Å². The fraction of sp³-hybridized carbons (Fsp3) is 0.467. The molecule has 1 fully saturated rings. The van der Waals surface area contributed by atoms with Crippen LogP contribution in [0.4, 0.5) is 0 Å². The number of sulfonamides is 1. The number of nitrogens with zero attached hydrogens (tertiary/aromatic N) is 3. The largest absolute Gasteiger partial charge is 0.494 e. The van der Waals surface area contributed by atoms with Crippen LogP contribution in [0.1, 0.15) is 38.1 Å². The molecule has 1 aliphatic rings. The SMILES string of the molecule is CCOc1cccc(S(=O)(=O)N2CCCCC2c2ncn[nH]2)c1. The zero-order chi connectivity index (χ0) is 16.3. The van der Waals surface area contributed by atoms with Crippen molar-refractivity contribution >= 4 is 10.0 Å². The summed E-state index contributed by atoms with van der Waals surface area (Å²) in [6.07, 6.45) is 3.95. The van der Waals surface area contributed by atoms with E-state index in [1.807, 2.05) is 6.92 Å². The van der Waals surface area contributed by atoms with Gasteiger partial charge in [-0.15, -0.1) is 0 Å². The molecule has 1 saturated heterocycles. The summed E-state index contributed by atoms with van der Waals surface area (Å²) in [6, 6.07) is 6.33. The summed E-state index contributed by atoms with van der Waals surface area (Å²) < 4.78 is 33.0. The van der Waals surface area contributed by atoms with Gasteiger partial charge in [0.25, 0.3) is 0 Å². The van der Waals surface area contributed by atoms with Crippen LogP contribution < -0.4 is 4.74 Å². The lowest BCUT2D eigenvalue weighted by Crippen LogP contribution is -2.39. The minimum atomic E-state index is -3.61. The van der Waals surface area contributed by atoms with Gasteiger partial charge in [0.15, 0.2) is 0 Å². The molecule has 0 bridgehead atoms. The molecule has 0 amide bonds. The molecule has 1 aromatic carbocycles. The Morgan fingerprint density at radius 2 is 2.26 bits per heavy atom. The van der Waals surface area contributed by atoms with E-state index in [0.717, 1.165) is 19.3 Å². The van der Waals surface area contributed by atoms with Crippen LogP contribution in [0.2, 0.25) is 0 Å². The minimum absolute atomic E-state index is 0.245. The molecule has 0 spiro atoms. The number of ether oxygens (including phenoxy) is 1. The number of hydrogen-bond acceptors (Lipinski definition) is 5. The highest BCUT2D eigenvalue weighted by Gasteiger charge is 2.36. The minimum Gasteiger partial charge on any atom is -0.494 e. The van der Waals surface area contributed by atoms with Crippen molar-refractivity contribution in [1.29, 1.82) is 0 Å². The van der Waals surface area contributed by atoms with E-state index in [4.69, 9.17) is 4.74 Å². The predicted octanol–water partition coefficient (Wildman–Crippen LogP) is 2.12. The molecule has 8 heteroatoms. The van der Waals surface area contributed by atoms with Crippen LogP contribution in [0.5, 0.6) is 5.75 Å². The average Bonchev–Trinajstić information content (AvgIpc) is 3.10. The predicted molar refractivity (Wildman–Crippen MR) is 84.5 cm³/mol. The van der Waals surface area contributed by atoms with Crippen LogP contribution in [0.25, 0.3) is 0 Å². The first kappa shape index (κ1) is 15.9. The van der Waals surface area contributed by atoms with Gasteiger partial charge in [-0.1, -0.05) is 12.5 Å². The number of aromatic nitrogens is 3. The Bertz CT molecular complexity index is 746. The third-order valence-electron chi connectivity index (χ3n) is 3.93. The lowest BCUT2D eigenvalue weighted by atomic mass is 10.0. The lowest BCUT2D eigenvalue weighted by Gasteiger charge is -2.33. The fourth-order valence-electron chi connectivity index (χ4n) is 2.87. The van der Waals surface area contributed by atoms with Gasteiger partial charge in [-0.2, -0.15) is 9.40 Å². The zero-order valence-electron chi connectivity index (χ0n) is 13.0. The highest BCUT2D eigenvalue weighted by atomic mass is 32.2. The Morgan fingerprint density at radius 1 is 1.39 bits per heavy atom. The van der Waals surface area contributed by atoms with Gasteiger partial charge in [-0.05, 0) is 31.9 Å². The van der Waals surface area contributed by atoms with Crippen LogP contribution in [0, 0.1) is 0 Å². The number of piperidine rings is 1. The van der Waals surface area contributed by atoms with Crippen molar-refractivity contribution in [2.24, 2.45) is 0 Å². The second-order valence-corrected chi connectivity index (χ2v) is 7.30. The molecule has 0 aliphatic carbocycles. The number of hydrogen-bond donors (Lipinski definition) is 1. The number of nitrogens with one attached hydrogen (secondary N) is 1. The van der Waals surface area contributed by atoms with E-state index in [-0.39, 0.29) is 10.9 Å². The summed E-state index contributed by atoms with van der Waals surface area (Å²) in [7, 11) is -3.61. The van der Waals surface area contributed by atoms with Crippen LogP contribution in [-0.2, 0) is 10.0 Å². The molecule has 124 valence electrons. The van der Waals surface area contributed by atoms with Crippen LogP contribution >= 0.6 is 0 Å². The van der Waals surface area contributed by atoms with E-state index in [0.29, 0.717) is 24.7 Å². The van der Waals surface area contributed by atoms with E-state index >= 15 is 0 Å². The van der Waals surface area contributed by atoms with Gasteiger partial charge in [0.2, 0.25) is 10.0 Å². The maximum atomic E-state index is 13.1. The van der Waals surface area contributed by atoms with Crippen molar-refractivity contribution in [3.63, 3.8) is 0 Å². The summed E-state index contributed by atoms with van der Waals surface area (Å²) in [5, 5.41) is 6.65. The molecule has 3 rings (SSSR count). The molecule has 0 saturated carbocycles. The van der Waals surface area contributed by atoms with Crippen molar-refractivity contribution in [2.45, 2.75) is 37.1 Å². The Labute approximate surface area is 135 Å². The second kappa shape index (κ2) is 6.67. The molecular weight excluding hydrogens is 316 g/mol. The maximum Gasteiger partial charge on any atom is 0.243 e. The Kier molecular flexibility index (Phi) is 4.63. The molecule has 2 aromatic rings. The van der Waals surface area contributed by atoms with E-state index in [1.54, 1.807) is 24.3 Å². The Hall–Kier alpha value is -1.93. The second-order valence-electron chi connectivity index (χ2n) is 5.41. The molecule has 23 heavy (non-hydrogen) atoms. The summed E-state index contributed by atoms with van der Waals surface area (Å²) in [5.74, 6) is 1.15. The van der Waals surface area contributed by atoms with E-state index in [9.17, 15) is 8.42 Å². The third-order valence-corrected chi connectivity index (χ3v) is 5.83. The summed E-state index contributed by atoms with van der Waals surface area (Å²) >= 11 is 0. The number of aromatic amines is 1. The van der Waals surface area contributed by atoms with Crippen LogP contribution in [0.3, 0.4) is 0 Å². The standard InChI is InChI=1S/C15H20N4O3S/c1-2-22-12-6-5-7-13(10-12)23(20,21)19-9-4-3-8-14(19)15-16-11-17-18-15/h5-7,10-11,14H,2-4,8-9H2,1H3,(H,16,17,18). The number of rotatable bonds is 5. The Morgan fingerprint density at radius 3 is 3.00 bits per heavy atom. The van der Waals surface area contributed by atoms with Gasteiger partial charge in [0, 0.05) is 12.6 Å². The quantitative estimate of drug-likeness (QED) is 0.903. The summed E-state index contributed by atoms with van der Waals surface area (Å²) in [5.41, 5.74) is 0. The molecule has 1 atom stereocenters. The van der Waals surface area contributed by atoms with E-state index in [2.05, 4.69) is 15.2 Å². The lowest BCUT2D eigenvalue weighted by molar-refractivity contribution is 0.247. The topological polar surface area (TPSA) is 88.2 Å². The highest BCUT2D eigenvalue weighted by Crippen LogP contribution is 2.34. The average molecular weight is 336 g/mol. The first-order valence-corrected chi connectivity index (χ1v) is 9.17. The molecule has 2 heterocycles. The summed E-state index contributed by atoms with van der Waals surface area (Å²) in [4.78, 5) is 4.39. The van der Waals surface area contributed by atoms with Crippen molar-refractivity contribution in [2.75, 3.05) is 13.2 Å². The molecule has 1 N–H and O–H groups in total. The molecule has 1 aliphatic heterocycles. The third kappa shape index (κ3) is 3.23. The maximum absolute atomic E-state index is 13.1. The van der Waals surface area contributed by atoms with Crippen LogP contribution in [0.15, 0.2) is 35.5 Å². The van der Waals surface area contributed by atoms with E-state index < -0.39 is 10.0 Å². The van der Waals surface area contributed by atoms with Crippen molar-refractivity contribution in [1.82, 2.24) is 19.5 Å². The van der Waals surface area contributed by atoms with Gasteiger partial charge >= 0.3 is 0 Å². The van der Waals surface area contributed by atoms with Crippen molar-refractivity contribution in [3.8, 4) is 5.75 Å². The molecule has 1 aromatic heterocycles. The van der Waals surface area contributed by atoms with E-state index in [1.165, 1.54) is 10.6 Å². The molecule has 7 nitrogen and oxygen atoms in total. The molecule has 1 unspecified atom stereocenters. The number of H-pyrrole nitrogens is 1. The van der Waals surface area contributed by atoms with Crippen LogP contribution in [-0.4, -0.2) is 41.1 Å². The Balaban J connectivity index is 1.95.